The number of piperidine rings is 1. The topological polar surface area (TPSA) is 89.9 Å². The van der Waals surface area contributed by atoms with E-state index in [9.17, 15) is 27.5 Å². The lowest BCUT2D eigenvalue weighted by Gasteiger charge is -2.34. The highest BCUT2D eigenvalue weighted by Gasteiger charge is 2.39. The van der Waals surface area contributed by atoms with Crippen LogP contribution in [-0.4, -0.2) is 71.1 Å². The molecule has 0 aromatic carbocycles. The fourth-order valence-electron chi connectivity index (χ4n) is 2.17. The normalized spacial score (nSPS) is 29.9. The molecule has 3 atom stereocenters. The molecule has 10 heteroatoms. The molecule has 1 amide bonds. The molecule has 0 aliphatic carbocycles. The van der Waals surface area contributed by atoms with Gasteiger partial charge in [-0.1, -0.05) is 0 Å². The number of nitrogens with one attached hydrogen (secondary N) is 1. The van der Waals surface area contributed by atoms with E-state index < -0.39 is 24.4 Å². The predicted molar refractivity (Wildman–Crippen MR) is 62.2 cm³/mol. The van der Waals surface area contributed by atoms with Gasteiger partial charge in [-0.15, -0.1) is 0 Å². The van der Waals surface area contributed by atoms with Gasteiger partial charge in [-0.3, -0.25) is 4.79 Å². The third kappa shape index (κ3) is 4.81. The van der Waals surface area contributed by atoms with Gasteiger partial charge in [0.2, 0.25) is 0 Å². The van der Waals surface area contributed by atoms with Crippen LogP contribution in [0.1, 0.15) is 12.8 Å². The summed E-state index contributed by atoms with van der Waals surface area (Å²) in [5.74, 6) is -3.06. The Labute approximate surface area is 117 Å². The van der Waals surface area contributed by atoms with Crippen LogP contribution < -0.4 is 5.32 Å². The molecular weight excluding hydrogens is 300 g/mol. The number of alkyl halides is 4. The minimum atomic E-state index is -5.08. The number of likely N-dealkylation sites (tertiary alicyclic amines) is 1. The zero-order valence-electron chi connectivity index (χ0n) is 10.9. The summed E-state index contributed by atoms with van der Waals surface area (Å²) < 4.78 is 45.2. The summed E-state index contributed by atoms with van der Waals surface area (Å²) in [6.45, 7) is 1.54. The molecule has 0 aromatic heterocycles. The third-order valence-corrected chi connectivity index (χ3v) is 3.23. The lowest BCUT2D eigenvalue weighted by atomic mass is 10.0. The third-order valence-electron chi connectivity index (χ3n) is 3.23. The van der Waals surface area contributed by atoms with Gasteiger partial charge in [0.25, 0.3) is 5.91 Å². The van der Waals surface area contributed by atoms with Crippen molar-refractivity contribution in [1.29, 1.82) is 0 Å². The SMILES string of the molecule is O=C(O)C(F)(F)F.O=C1[C@H](O)CCN1[C@H]1CCNC[C@@H]1F. The average molecular weight is 316 g/mol. The maximum Gasteiger partial charge on any atom is 0.490 e. The van der Waals surface area contributed by atoms with Crippen molar-refractivity contribution >= 4 is 11.9 Å². The zero-order chi connectivity index (χ0) is 16.2. The first-order valence-electron chi connectivity index (χ1n) is 6.28. The molecule has 2 fully saturated rings. The Morgan fingerprint density at radius 3 is 2.29 bits per heavy atom. The molecule has 2 aliphatic heterocycles. The number of nitrogens with zero attached hydrogens (tertiary/aromatic N) is 1. The van der Waals surface area contributed by atoms with Crippen molar-refractivity contribution in [2.75, 3.05) is 19.6 Å². The number of hydrogen-bond acceptors (Lipinski definition) is 4. The first-order valence-corrected chi connectivity index (χ1v) is 6.28. The van der Waals surface area contributed by atoms with Crippen LogP contribution >= 0.6 is 0 Å². The van der Waals surface area contributed by atoms with Gasteiger partial charge >= 0.3 is 12.1 Å². The maximum absolute atomic E-state index is 13.5. The molecule has 0 saturated carbocycles. The van der Waals surface area contributed by atoms with E-state index in [4.69, 9.17) is 9.90 Å². The lowest BCUT2D eigenvalue weighted by molar-refractivity contribution is -0.192. The molecule has 0 spiro atoms. The van der Waals surface area contributed by atoms with Crippen molar-refractivity contribution in [3.8, 4) is 0 Å². The van der Waals surface area contributed by atoms with Gasteiger partial charge in [0.1, 0.15) is 12.3 Å². The summed E-state index contributed by atoms with van der Waals surface area (Å²) in [7, 11) is 0. The monoisotopic (exact) mass is 316 g/mol. The molecule has 2 aliphatic rings. The second-order valence-electron chi connectivity index (χ2n) is 4.72. The molecule has 0 bridgehead atoms. The van der Waals surface area contributed by atoms with E-state index >= 15 is 0 Å². The van der Waals surface area contributed by atoms with Crippen LogP contribution in [0, 0.1) is 0 Å². The largest absolute Gasteiger partial charge is 0.490 e. The summed E-state index contributed by atoms with van der Waals surface area (Å²) >= 11 is 0. The number of hydrogen-bond donors (Lipinski definition) is 3. The second-order valence-corrected chi connectivity index (χ2v) is 4.72. The molecule has 2 rings (SSSR count). The van der Waals surface area contributed by atoms with Crippen molar-refractivity contribution < 1.29 is 37.4 Å². The van der Waals surface area contributed by atoms with Crippen molar-refractivity contribution in [3.63, 3.8) is 0 Å². The highest BCUT2D eigenvalue weighted by atomic mass is 19.4. The molecular formula is C11H16F4N2O4. The summed E-state index contributed by atoms with van der Waals surface area (Å²) in [5.41, 5.74) is 0. The van der Waals surface area contributed by atoms with Crippen LogP contribution in [0.5, 0.6) is 0 Å². The van der Waals surface area contributed by atoms with Crippen molar-refractivity contribution in [3.05, 3.63) is 0 Å². The molecule has 0 unspecified atom stereocenters. The smallest absolute Gasteiger partial charge is 0.475 e. The van der Waals surface area contributed by atoms with Gasteiger partial charge in [0.05, 0.1) is 6.04 Å². The molecule has 21 heavy (non-hydrogen) atoms. The summed E-state index contributed by atoms with van der Waals surface area (Å²) in [6.07, 6.45) is -5.91. The molecule has 3 N–H and O–H groups in total. The van der Waals surface area contributed by atoms with Crippen molar-refractivity contribution in [2.45, 2.75) is 37.3 Å². The highest BCUT2D eigenvalue weighted by Crippen LogP contribution is 2.21. The fraction of sp³-hybridized carbons (Fsp3) is 0.818. The number of aliphatic hydroxyl groups is 1. The van der Waals surface area contributed by atoms with Gasteiger partial charge in [0, 0.05) is 13.1 Å². The van der Waals surface area contributed by atoms with E-state index in [0.29, 0.717) is 25.9 Å². The number of aliphatic hydroxyl groups excluding tert-OH is 1. The molecule has 2 heterocycles. The van der Waals surface area contributed by atoms with Crippen LogP contribution in [0.25, 0.3) is 0 Å². The van der Waals surface area contributed by atoms with E-state index in [1.54, 1.807) is 0 Å². The summed E-state index contributed by atoms with van der Waals surface area (Å²) in [6, 6.07) is -0.332. The Morgan fingerprint density at radius 1 is 1.33 bits per heavy atom. The fourth-order valence-corrected chi connectivity index (χ4v) is 2.17. The number of amides is 1. The van der Waals surface area contributed by atoms with Crippen LogP contribution in [0.3, 0.4) is 0 Å². The number of rotatable bonds is 1. The summed E-state index contributed by atoms with van der Waals surface area (Å²) in [5, 5.41) is 19.3. The average Bonchev–Trinajstić information content (AvgIpc) is 2.70. The van der Waals surface area contributed by atoms with Crippen LogP contribution in [0.2, 0.25) is 0 Å². The second kappa shape index (κ2) is 7.03. The van der Waals surface area contributed by atoms with E-state index in [0.717, 1.165) is 6.54 Å². The first kappa shape index (κ1) is 17.6. The summed E-state index contributed by atoms with van der Waals surface area (Å²) in [4.78, 5) is 21.8. The number of carboxylic acid groups (broad SMARTS) is 1. The van der Waals surface area contributed by atoms with E-state index in [1.165, 1.54) is 4.90 Å². The van der Waals surface area contributed by atoms with Gasteiger partial charge in [-0.25, -0.2) is 9.18 Å². The van der Waals surface area contributed by atoms with E-state index in [-0.39, 0.29) is 11.9 Å². The van der Waals surface area contributed by atoms with Crippen LogP contribution in [-0.2, 0) is 9.59 Å². The number of carbonyl (C=O) groups is 2. The van der Waals surface area contributed by atoms with Crippen LogP contribution in [0.4, 0.5) is 17.6 Å². The maximum atomic E-state index is 13.5. The molecule has 122 valence electrons. The van der Waals surface area contributed by atoms with Gasteiger partial charge in [0.15, 0.2) is 0 Å². The Kier molecular flexibility index (Phi) is 5.90. The predicted octanol–water partition coefficient (Wildman–Crippen LogP) is -0.0871. The Balaban J connectivity index is 0.000000270. The molecule has 6 nitrogen and oxygen atoms in total. The minimum absolute atomic E-state index is 0.306. The quantitative estimate of drug-likeness (QED) is 0.589. The van der Waals surface area contributed by atoms with Gasteiger partial charge in [-0.05, 0) is 19.4 Å². The Hall–Kier alpha value is -1.42. The standard InChI is InChI=1S/C9H15FN2O2.C2HF3O2/c10-6-5-11-3-1-7(6)12-4-2-8(13)9(12)14;3-2(4,5)1(6)7/h6-8,11,13H,1-5H2;(H,6,7)/t6-,7-,8+;/m0./s1. The van der Waals surface area contributed by atoms with Gasteiger partial charge in [-0.2, -0.15) is 13.2 Å². The number of aliphatic carboxylic acids is 1. The Bertz CT molecular complexity index is 391. The van der Waals surface area contributed by atoms with Crippen LogP contribution in [0.15, 0.2) is 0 Å². The van der Waals surface area contributed by atoms with E-state index in [2.05, 4.69) is 5.32 Å². The zero-order valence-corrected chi connectivity index (χ0v) is 10.9. The van der Waals surface area contributed by atoms with E-state index in [1.807, 2.05) is 0 Å². The molecule has 0 aromatic rings. The van der Waals surface area contributed by atoms with Crippen molar-refractivity contribution in [1.82, 2.24) is 10.2 Å². The first-order chi connectivity index (χ1) is 9.64. The highest BCUT2D eigenvalue weighted by molar-refractivity contribution is 5.83. The number of carbonyl (C=O) groups excluding carboxylic acids is 1. The lowest BCUT2D eigenvalue weighted by Crippen LogP contribution is -2.52. The molecule has 0 radical (unpaired) electrons. The molecule has 2 saturated heterocycles. The number of halogens is 4. The van der Waals surface area contributed by atoms with Crippen molar-refractivity contribution in [2.24, 2.45) is 0 Å². The Morgan fingerprint density at radius 2 is 1.90 bits per heavy atom. The van der Waals surface area contributed by atoms with Gasteiger partial charge < -0.3 is 20.4 Å². The minimum Gasteiger partial charge on any atom is -0.475 e. The number of carboxylic acids is 1.